The van der Waals surface area contributed by atoms with Gasteiger partial charge in [-0.25, -0.2) is 4.98 Å². The van der Waals surface area contributed by atoms with Crippen LogP contribution in [-0.2, 0) is 11.3 Å². The van der Waals surface area contributed by atoms with E-state index in [0.717, 1.165) is 0 Å². The molecule has 0 radical (unpaired) electrons. The van der Waals surface area contributed by atoms with Crippen molar-refractivity contribution in [3.05, 3.63) is 70.3 Å². The fourth-order valence-electron chi connectivity index (χ4n) is 2.53. The van der Waals surface area contributed by atoms with Gasteiger partial charge in [-0.05, 0) is 43.3 Å². The van der Waals surface area contributed by atoms with Crippen LogP contribution < -0.4 is 16.6 Å². The molecule has 2 amide bonds. The highest BCUT2D eigenvalue weighted by Crippen LogP contribution is 2.10. The predicted molar refractivity (Wildman–Crippen MR) is 94.3 cm³/mol. The van der Waals surface area contributed by atoms with Crippen LogP contribution in [-0.4, -0.2) is 21.4 Å². The van der Waals surface area contributed by atoms with E-state index in [2.05, 4.69) is 10.3 Å². The first-order valence-electron chi connectivity index (χ1n) is 7.61. The molecule has 0 fully saturated rings. The smallest absolute Gasteiger partial charge is 0.261 e. The van der Waals surface area contributed by atoms with Gasteiger partial charge in [-0.3, -0.25) is 19.0 Å². The lowest BCUT2D eigenvalue weighted by Crippen LogP contribution is -2.30. The van der Waals surface area contributed by atoms with Gasteiger partial charge in [0, 0.05) is 11.3 Å². The van der Waals surface area contributed by atoms with Gasteiger partial charge in [0.25, 0.3) is 5.56 Å². The summed E-state index contributed by atoms with van der Waals surface area (Å²) in [4.78, 5) is 40.2. The van der Waals surface area contributed by atoms with Crippen LogP contribution in [0.15, 0.2) is 53.3 Å². The van der Waals surface area contributed by atoms with Gasteiger partial charge in [0.15, 0.2) is 0 Å². The van der Waals surface area contributed by atoms with Gasteiger partial charge in [-0.15, -0.1) is 0 Å². The van der Waals surface area contributed by atoms with Crippen LogP contribution in [0.4, 0.5) is 5.69 Å². The number of amides is 2. The molecule has 0 saturated heterocycles. The van der Waals surface area contributed by atoms with Crippen molar-refractivity contribution in [3.63, 3.8) is 0 Å². The molecule has 3 aromatic rings. The van der Waals surface area contributed by atoms with E-state index in [1.807, 2.05) is 0 Å². The minimum Gasteiger partial charge on any atom is -0.366 e. The predicted octanol–water partition coefficient (Wildman–Crippen LogP) is 1.44. The van der Waals surface area contributed by atoms with Crippen LogP contribution in [0.1, 0.15) is 16.2 Å². The molecule has 0 aliphatic rings. The Bertz CT molecular complexity index is 1020. The summed E-state index contributed by atoms with van der Waals surface area (Å²) in [5.74, 6) is -0.445. The zero-order chi connectivity index (χ0) is 18.0. The highest BCUT2D eigenvalue weighted by Gasteiger charge is 2.11. The summed E-state index contributed by atoms with van der Waals surface area (Å²) in [6.45, 7) is 1.53. The van der Waals surface area contributed by atoms with Gasteiger partial charge < -0.3 is 11.1 Å². The van der Waals surface area contributed by atoms with Crippen molar-refractivity contribution in [1.29, 1.82) is 0 Å². The molecule has 1 heterocycles. The van der Waals surface area contributed by atoms with Crippen LogP contribution in [0, 0.1) is 6.92 Å². The van der Waals surface area contributed by atoms with E-state index >= 15 is 0 Å². The van der Waals surface area contributed by atoms with Crippen molar-refractivity contribution in [1.82, 2.24) is 9.55 Å². The maximum atomic E-state index is 12.5. The number of nitrogens with two attached hydrogens (primary N) is 1. The van der Waals surface area contributed by atoms with E-state index in [1.54, 1.807) is 43.3 Å². The number of carbonyl (C=O) groups is 2. The highest BCUT2D eigenvalue weighted by atomic mass is 16.2. The van der Waals surface area contributed by atoms with Crippen molar-refractivity contribution in [2.24, 2.45) is 5.73 Å². The number of benzene rings is 2. The summed E-state index contributed by atoms with van der Waals surface area (Å²) < 4.78 is 1.33. The minimum absolute atomic E-state index is 0.153. The van der Waals surface area contributed by atoms with Crippen molar-refractivity contribution in [2.45, 2.75) is 13.5 Å². The minimum atomic E-state index is -0.540. The molecule has 7 nitrogen and oxygen atoms in total. The molecule has 0 saturated carbocycles. The molecule has 126 valence electrons. The quantitative estimate of drug-likeness (QED) is 0.751. The molecule has 0 atom stereocenters. The molecule has 3 rings (SSSR count). The second-order valence-corrected chi connectivity index (χ2v) is 5.56. The number of aryl methyl sites for hydroxylation is 1. The van der Waals surface area contributed by atoms with Gasteiger partial charge in [0.05, 0.1) is 10.9 Å². The summed E-state index contributed by atoms with van der Waals surface area (Å²) in [6, 6.07) is 13.2. The molecule has 2 aromatic carbocycles. The number of primary amides is 1. The number of para-hydroxylation sites is 1. The van der Waals surface area contributed by atoms with Crippen LogP contribution in [0.5, 0.6) is 0 Å². The molecule has 0 bridgehead atoms. The Balaban J connectivity index is 1.82. The fraction of sp³-hybridized carbons (Fsp3) is 0.111. The van der Waals surface area contributed by atoms with E-state index in [4.69, 9.17) is 5.73 Å². The molecule has 0 spiro atoms. The van der Waals surface area contributed by atoms with Gasteiger partial charge in [0.1, 0.15) is 12.4 Å². The number of carbonyl (C=O) groups excluding carboxylic acids is 2. The van der Waals surface area contributed by atoms with E-state index < -0.39 is 5.91 Å². The normalized spacial score (nSPS) is 10.6. The lowest BCUT2D eigenvalue weighted by molar-refractivity contribution is -0.116. The van der Waals surface area contributed by atoms with Crippen molar-refractivity contribution in [3.8, 4) is 0 Å². The number of anilines is 1. The third-order valence-electron chi connectivity index (χ3n) is 3.81. The number of nitrogens with one attached hydrogen (secondary N) is 1. The summed E-state index contributed by atoms with van der Waals surface area (Å²) in [6.07, 6.45) is 0. The first-order valence-corrected chi connectivity index (χ1v) is 7.61. The molecular formula is C18H16N4O3. The first-order chi connectivity index (χ1) is 12.0. The molecule has 7 heteroatoms. The van der Waals surface area contributed by atoms with E-state index in [9.17, 15) is 14.4 Å². The number of nitrogens with zero attached hydrogens (tertiary/aromatic N) is 2. The van der Waals surface area contributed by atoms with Gasteiger partial charge >= 0.3 is 0 Å². The standard InChI is InChI=1S/C18H16N4O3/c1-11-20-15-5-3-2-4-14(15)18(25)22(11)10-16(23)21-13-8-6-12(7-9-13)17(19)24/h2-9H,10H2,1H3,(H2,19,24)(H,21,23). The largest absolute Gasteiger partial charge is 0.366 e. The second-order valence-electron chi connectivity index (χ2n) is 5.56. The van der Waals surface area contributed by atoms with Crippen molar-refractivity contribution in [2.75, 3.05) is 5.32 Å². The Hall–Kier alpha value is -3.48. The topological polar surface area (TPSA) is 107 Å². The van der Waals surface area contributed by atoms with Crippen molar-refractivity contribution >= 4 is 28.4 Å². The lowest BCUT2D eigenvalue weighted by Gasteiger charge is -2.11. The average Bonchev–Trinajstić information content (AvgIpc) is 2.59. The van der Waals surface area contributed by atoms with E-state index in [1.165, 1.54) is 16.7 Å². The Morgan fingerprint density at radius 2 is 1.80 bits per heavy atom. The Morgan fingerprint density at radius 1 is 1.12 bits per heavy atom. The van der Waals surface area contributed by atoms with Gasteiger partial charge in [-0.2, -0.15) is 0 Å². The Kier molecular flexibility index (Phi) is 4.30. The first kappa shape index (κ1) is 16.4. The maximum absolute atomic E-state index is 12.5. The number of rotatable bonds is 4. The molecule has 1 aromatic heterocycles. The van der Waals surface area contributed by atoms with Crippen LogP contribution in [0.2, 0.25) is 0 Å². The molecule has 0 unspecified atom stereocenters. The third-order valence-corrected chi connectivity index (χ3v) is 3.81. The molecule has 3 N–H and O–H groups in total. The third kappa shape index (κ3) is 3.40. The molecule has 0 aliphatic heterocycles. The van der Waals surface area contributed by atoms with Crippen LogP contribution in [0.3, 0.4) is 0 Å². The van der Waals surface area contributed by atoms with Crippen molar-refractivity contribution < 1.29 is 9.59 Å². The summed E-state index contributed by atoms with van der Waals surface area (Å²) in [7, 11) is 0. The average molecular weight is 336 g/mol. The zero-order valence-corrected chi connectivity index (χ0v) is 13.5. The van der Waals surface area contributed by atoms with Gasteiger partial charge in [0.2, 0.25) is 11.8 Å². The number of hydrogen-bond donors (Lipinski definition) is 2. The Labute approximate surface area is 143 Å². The number of aromatic nitrogens is 2. The Morgan fingerprint density at radius 3 is 2.48 bits per heavy atom. The highest BCUT2D eigenvalue weighted by molar-refractivity contribution is 5.94. The number of fused-ring (bicyclic) bond motifs is 1. The summed E-state index contributed by atoms with van der Waals surface area (Å²) in [5, 5.41) is 3.15. The van der Waals surface area contributed by atoms with E-state index in [-0.39, 0.29) is 18.0 Å². The monoisotopic (exact) mass is 336 g/mol. The van der Waals surface area contributed by atoms with E-state index in [0.29, 0.717) is 28.0 Å². The zero-order valence-electron chi connectivity index (χ0n) is 13.5. The number of hydrogen-bond acceptors (Lipinski definition) is 4. The summed E-state index contributed by atoms with van der Waals surface area (Å²) >= 11 is 0. The second kappa shape index (κ2) is 6.56. The summed E-state index contributed by atoms with van der Waals surface area (Å²) in [5.41, 5.74) is 6.37. The molecule has 25 heavy (non-hydrogen) atoms. The fourth-order valence-corrected chi connectivity index (χ4v) is 2.53. The maximum Gasteiger partial charge on any atom is 0.261 e. The lowest BCUT2D eigenvalue weighted by atomic mass is 10.2. The van der Waals surface area contributed by atoms with Gasteiger partial charge in [-0.1, -0.05) is 12.1 Å². The SMILES string of the molecule is Cc1nc2ccccc2c(=O)n1CC(=O)Nc1ccc(C(N)=O)cc1. The molecule has 0 aliphatic carbocycles. The molecular weight excluding hydrogens is 320 g/mol. The van der Waals surface area contributed by atoms with Crippen LogP contribution in [0.25, 0.3) is 10.9 Å². The van der Waals surface area contributed by atoms with Crippen LogP contribution >= 0.6 is 0 Å².